The molecular formula is C12H18O4. The van der Waals surface area contributed by atoms with Crippen molar-refractivity contribution in [3.05, 3.63) is 0 Å². The van der Waals surface area contributed by atoms with Gasteiger partial charge in [0.1, 0.15) is 0 Å². The summed E-state index contributed by atoms with van der Waals surface area (Å²) < 4.78 is 4.81. The quantitative estimate of drug-likeness (QED) is 0.626. The summed E-state index contributed by atoms with van der Waals surface area (Å²) in [4.78, 5) is 11.7. The SMILES string of the molecule is COC(=O)C1C2C[C@@H]3C[C@H](C2)C(O)C1C3O. The Morgan fingerprint density at radius 1 is 1.06 bits per heavy atom. The first-order chi connectivity index (χ1) is 7.63. The van der Waals surface area contributed by atoms with Crippen LogP contribution in [0.1, 0.15) is 19.3 Å². The smallest absolute Gasteiger partial charge is 0.309 e. The molecule has 0 radical (unpaired) electrons. The first-order valence-corrected chi connectivity index (χ1v) is 6.07. The highest BCUT2D eigenvalue weighted by Crippen LogP contribution is 2.56. The summed E-state index contributed by atoms with van der Waals surface area (Å²) in [5, 5.41) is 20.3. The van der Waals surface area contributed by atoms with Crippen molar-refractivity contribution in [1.82, 2.24) is 0 Å². The number of aliphatic hydroxyl groups is 2. The lowest BCUT2D eigenvalue weighted by Gasteiger charge is -2.57. The lowest BCUT2D eigenvalue weighted by atomic mass is 9.49. The van der Waals surface area contributed by atoms with Crippen LogP contribution in [0.25, 0.3) is 0 Å². The van der Waals surface area contributed by atoms with Crippen molar-refractivity contribution in [2.75, 3.05) is 7.11 Å². The minimum Gasteiger partial charge on any atom is -0.469 e. The Morgan fingerprint density at radius 3 is 2.06 bits per heavy atom. The summed E-state index contributed by atoms with van der Waals surface area (Å²) in [6.45, 7) is 0. The Balaban J connectivity index is 1.94. The fourth-order valence-corrected chi connectivity index (χ4v) is 4.36. The molecule has 2 N–H and O–H groups in total. The van der Waals surface area contributed by atoms with E-state index in [4.69, 9.17) is 4.74 Å². The second kappa shape index (κ2) is 3.44. The topological polar surface area (TPSA) is 66.8 Å². The highest BCUT2D eigenvalue weighted by Gasteiger charge is 2.59. The summed E-state index contributed by atoms with van der Waals surface area (Å²) in [6.07, 6.45) is 1.71. The van der Waals surface area contributed by atoms with Crippen molar-refractivity contribution in [1.29, 1.82) is 0 Å². The largest absolute Gasteiger partial charge is 0.469 e. The number of methoxy groups -OCH3 is 1. The zero-order chi connectivity index (χ0) is 11.4. The minimum absolute atomic E-state index is 0.257. The third-order valence-electron chi connectivity index (χ3n) is 4.97. The van der Waals surface area contributed by atoms with E-state index >= 15 is 0 Å². The van der Waals surface area contributed by atoms with Crippen LogP contribution in [0.2, 0.25) is 0 Å². The van der Waals surface area contributed by atoms with Gasteiger partial charge < -0.3 is 14.9 Å². The van der Waals surface area contributed by atoms with E-state index in [1.165, 1.54) is 7.11 Å². The van der Waals surface area contributed by atoms with Gasteiger partial charge in [0.2, 0.25) is 0 Å². The van der Waals surface area contributed by atoms with Gasteiger partial charge in [-0.2, -0.15) is 0 Å². The number of ether oxygens (including phenoxy) is 1. The molecule has 7 atom stereocenters. The molecule has 0 aliphatic heterocycles. The maximum absolute atomic E-state index is 11.7. The van der Waals surface area contributed by atoms with Gasteiger partial charge in [-0.3, -0.25) is 4.79 Å². The van der Waals surface area contributed by atoms with Crippen LogP contribution in [-0.2, 0) is 9.53 Å². The average molecular weight is 226 g/mol. The lowest BCUT2D eigenvalue weighted by molar-refractivity contribution is -0.205. The lowest BCUT2D eigenvalue weighted by Crippen LogP contribution is -2.62. The second-order valence-corrected chi connectivity index (χ2v) is 5.59. The Kier molecular flexibility index (Phi) is 2.27. The van der Waals surface area contributed by atoms with E-state index in [-0.39, 0.29) is 29.6 Å². The van der Waals surface area contributed by atoms with Crippen molar-refractivity contribution in [2.24, 2.45) is 29.6 Å². The fourth-order valence-electron chi connectivity index (χ4n) is 4.36. The van der Waals surface area contributed by atoms with Gasteiger partial charge in [-0.15, -0.1) is 0 Å². The maximum Gasteiger partial charge on any atom is 0.309 e. The van der Waals surface area contributed by atoms with E-state index in [2.05, 4.69) is 0 Å². The molecule has 4 bridgehead atoms. The molecule has 0 heterocycles. The van der Waals surface area contributed by atoms with E-state index in [0.717, 1.165) is 19.3 Å². The summed E-state index contributed by atoms with van der Waals surface area (Å²) in [6, 6.07) is 0. The summed E-state index contributed by atoms with van der Waals surface area (Å²) in [7, 11) is 1.38. The van der Waals surface area contributed by atoms with E-state index in [9.17, 15) is 15.0 Å². The van der Waals surface area contributed by atoms with Crippen LogP contribution >= 0.6 is 0 Å². The molecule has 4 rings (SSSR count). The van der Waals surface area contributed by atoms with Crippen molar-refractivity contribution >= 4 is 5.97 Å². The van der Waals surface area contributed by atoms with Gasteiger partial charge in [-0.1, -0.05) is 0 Å². The molecule has 4 fully saturated rings. The van der Waals surface area contributed by atoms with Gasteiger partial charge >= 0.3 is 5.97 Å². The van der Waals surface area contributed by atoms with Crippen molar-refractivity contribution in [3.8, 4) is 0 Å². The van der Waals surface area contributed by atoms with Crippen LogP contribution < -0.4 is 0 Å². The van der Waals surface area contributed by atoms with Crippen molar-refractivity contribution < 1.29 is 19.7 Å². The van der Waals surface area contributed by atoms with Crippen LogP contribution in [0, 0.1) is 29.6 Å². The fraction of sp³-hybridized carbons (Fsp3) is 0.917. The molecule has 0 saturated heterocycles. The summed E-state index contributed by atoms with van der Waals surface area (Å²) in [5.41, 5.74) is 0. The molecule has 0 spiro atoms. The van der Waals surface area contributed by atoms with E-state index < -0.39 is 12.2 Å². The summed E-state index contributed by atoms with van der Waals surface area (Å²) >= 11 is 0. The Hall–Kier alpha value is -0.610. The van der Waals surface area contributed by atoms with E-state index in [1.807, 2.05) is 0 Å². The van der Waals surface area contributed by atoms with Crippen LogP contribution in [-0.4, -0.2) is 35.5 Å². The van der Waals surface area contributed by atoms with Gasteiger partial charge in [0, 0.05) is 5.92 Å². The molecule has 16 heavy (non-hydrogen) atoms. The first kappa shape index (κ1) is 10.5. The number of rotatable bonds is 1. The first-order valence-electron chi connectivity index (χ1n) is 6.07. The predicted octanol–water partition coefficient (Wildman–Crippen LogP) is 0.173. The molecule has 4 aliphatic carbocycles. The molecule has 90 valence electrons. The van der Waals surface area contributed by atoms with E-state index in [0.29, 0.717) is 5.92 Å². The average Bonchev–Trinajstić information content (AvgIpc) is 2.29. The van der Waals surface area contributed by atoms with Crippen LogP contribution in [0.4, 0.5) is 0 Å². The molecule has 4 heteroatoms. The van der Waals surface area contributed by atoms with Gasteiger partial charge in [-0.25, -0.2) is 0 Å². The van der Waals surface area contributed by atoms with Crippen molar-refractivity contribution in [2.45, 2.75) is 31.5 Å². The number of carbonyl (C=O) groups is 1. The predicted molar refractivity (Wildman–Crippen MR) is 55.3 cm³/mol. The number of aliphatic hydroxyl groups excluding tert-OH is 2. The maximum atomic E-state index is 11.7. The standard InChI is InChI=1S/C12H18O4/c1-16-12(15)8-5-2-6-4-7(3-5)11(14)9(8)10(6)13/h5-11,13-14H,2-4H2,1H3/t5?,6-,7+,8?,9?,10?,11?. The van der Waals surface area contributed by atoms with Crippen molar-refractivity contribution in [3.63, 3.8) is 0 Å². The second-order valence-electron chi connectivity index (χ2n) is 5.59. The molecule has 0 aromatic carbocycles. The zero-order valence-electron chi connectivity index (χ0n) is 9.37. The van der Waals surface area contributed by atoms with Gasteiger partial charge in [-0.05, 0) is 37.0 Å². The molecule has 4 nitrogen and oxygen atoms in total. The monoisotopic (exact) mass is 226 g/mol. The Labute approximate surface area is 94.6 Å². The number of carbonyl (C=O) groups excluding carboxylic acids is 1. The molecule has 0 amide bonds. The molecular weight excluding hydrogens is 208 g/mol. The van der Waals surface area contributed by atoms with Gasteiger partial charge in [0.05, 0.1) is 25.2 Å². The third kappa shape index (κ3) is 1.20. The minimum atomic E-state index is -0.521. The molecule has 4 saturated carbocycles. The van der Waals surface area contributed by atoms with Gasteiger partial charge in [0.15, 0.2) is 0 Å². The number of esters is 1. The van der Waals surface area contributed by atoms with E-state index in [1.54, 1.807) is 0 Å². The Morgan fingerprint density at radius 2 is 1.56 bits per heavy atom. The molecule has 5 unspecified atom stereocenters. The third-order valence-corrected chi connectivity index (χ3v) is 4.97. The van der Waals surface area contributed by atoms with Crippen LogP contribution in [0.3, 0.4) is 0 Å². The number of hydrogen-bond donors (Lipinski definition) is 2. The summed E-state index contributed by atoms with van der Waals surface area (Å²) in [5.74, 6) is 0.0579. The molecule has 0 aromatic rings. The number of hydrogen-bond acceptors (Lipinski definition) is 4. The zero-order valence-corrected chi connectivity index (χ0v) is 9.37. The highest BCUT2D eigenvalue weighted by molar-refractivity contribution is 5.73. The normalized spacial score (nSPS) is 54.1. The highest BCUT2D eigenvalue weighted by atomic mass is 16.5. The molecule has 4 aliphatic rings. The molecule has 0 aromatic heterocycles. The van der Waals surface area contributed by atoms with Crippen LogP contribution in [0.15, 0.2) is 0 Å². The van der Waals surface area contributed by atoms with Gasteiger partial charge in [0.25, 0.3) is 0 Å². The Bertz CT molecular complexity index is 298. The van der Waals surface area contributed by atoms with Crippen LogP contribution in [0.5, 0.6) is 0 Å².